The van der Waals surface area contributed by atoms with Crippen molar-refractivity contribution in [1.29, 1.82) is 0 Å². The summed E-state index contributed by atoms with van der Waals surface area (Å²) < 4.78 is 28.3. The number of amides is 1. The highest BCUT2D eigenvalue weighted by Crippen LogP contribution is 2.35. The standard InChI is InChI=1S/C23H24N2O3S2/c1-16-6-3-7-20(17(16)2)24-30(27,28)19-12-10-18(11-13-19)23(26)25-14-4-8-21(25)22-9-5-15-29-22/h3,5-7,9-13,15,21,24H,4,8,14H2,1-2H3. The number of aryl methyl sites for hydroxylation is 1. The van der Waals surface area contributed by atoms with E-state index in [1.165, 1.54) is 17.0 Å². The minimum Gasteiger partial charge on any atom is -0.331 e. The molecular formula is C23H24N2O3S2. The number of hydrogen-bond acceptors (Lipinski definition) is 4. The van der Waals surface area contributed by atoms with Crippen LogP contribution in [0.1, 0.15) is 45.2 Å². The largest absolute Gasteiger partial charge is 0.331 e. The Bertz CT molecular complexity index is 1150. The Balaban J connectivity index is 1.53. The summed E-state index contributed by atoms with van der Waals surface area (Å²) in [6.07, 6.45) is 1.93. The van der Waals surface area contributed by atoms with Crippen molar-refractivity contribution in [3.8, 4) is 0 Å². The van der Waals surface area contributed by atoms with E-state index in [0.717, 1.165) is 30.5 Å². The van der Waals surface area contributed by atoms with Gasteiger partial charge in [0.15, 0.2) is 0 Å². The number of hydrogen-bond donors (Lipinski definition) is 1. The van der Waals surface area contributed by atoms with Gasteiger partial charge in [0, 0.05) is 17.0 Å². The van der Waals surface area contributed by atoms with Crippen LogP contribution in [0.3, 0.4) is 0 Å². The van der Waals surface area contributed by atoms with Crippen molar-refractivity contribution in [2.24, 2.45) is 0 Å². The van der Waals surface area contributed by atoms with E-state index in [1.807, 2.05) is 42.3 Å². The first-order valence-electron chi connectivity index (χ1n) is 9.90. The van der Waals surface area contributed by atoms with Crippen LogP contribution < -0.4 is 4.72 Å². The van der Waals surface area contributed by atoms with E-state index >= 15 is 0 Å². The van der Waals surface area contributed by atoms with Gasteiger partial charge in [-0.3, -0.25) is 9.52 Å². The van der Waals surface area contributed by atoms with Crippen LogP contribution in [0.5, 0.6) is 0 Å². The summed E-state index contributed by atoms with van der Waals surface area (Å²) in [6.45, 7) is 4.54. The lowest BCUT2D eigenvalue weighted by molar-refractivity contribution is 0.0738. The van der Waals surface area contributed by atoms with Crippen LogP contribution in [0.15, 0.2) is 64.9 Å². The summed E-state index contributed by atoms with van der Waals surface area (Å²) in [5.74, 6) is -0.0580. The molecule has 0 spiro atoms. The molecule has 1 atom stereocenters. The van der Waals surface area contributed by atoms with Crippen LogP contribution in [0.25, 0.3) is 0 Å². The molecule has 1 aliphatic heterocycles. The topological polar surface area (TPSA) is 66.5 Å². The fourth-order valence-corrected chi connectivity index (χ4v) is 5.79. The third-order valence-corrected chi connectivity index (χ3v) is 8.00. The molecule has 1 N–H and O–H groups in total. The van der Waals surface area contributed by atoms with E-state index < -0.39 is 10.0 Å². The Kier molecular flexibility index (Phi) is 5.66. The number of anilines is 1. The molecular weight excluding hydrogens is 416 g/mol. The fourth-order valence-electron chi connectivity index (χ4n) is 3.79. The molecule has 7 heteroatoms. The predicted molar refractivity (Wildman–Crippen MR) is 120 cm³/mol. The van der Waals surface area contributed by atoms with E-state index in [-0.39, 0.29) is 16.8 Å². The van der Waals surface area contributed by atoms with Crippen LogP contribution >= 0.6 is 11.3 Å². The van der Waals surface area contributed by atoms with E-state index in [9.17, 15) is 13.2 Å². The van der Waals surface area contributed by atoms with Crippen molar-refractivity contribution in [2.75, 3.05) is 11.3 Å². The monoisotopic (exact) mass is 440 g/mol. The molecule has 1 amide bonds. The predicted octanol–water partition coefficient (Wildman–Crippen LogP) is 5.14. The van der Waals surface area contributed by atoms with E-state index in [2.05, 4.69) is 10.8 Å². The molecule has 30 heavy (non-hydrogen) atoms. The normalized spacial score (nSPS) is 16.6. The van der Waals surface area contributed by atoms with E-state index in [0.29, 0.717) is 11.3 Å². The average Bonchev–Trinajstić information content (AvgIpc) is 3.42. The number of likely N-dealkylation sites (tertiary alicyclic amines) is 1. The third-order valence-electron chi connectivity index (χ3n) is 5.65. The van der Waals surface area contributed by atoms with Gasteiger partial charge < -0.3 is 4.90 Å². The minimum absolute atomic E-state index is 0.0580. The molecule has 0 radical (unpaired) electrons. The maximum atomic E-state index is 13.1. The number of rotatable bonds is 5. The quantitative estimate of drug-likeness (QED) is 0.597. The Hall–Kier alpha value is -2.64. The molecule has 1 aliphatic rings. The molecule has 5 nitrogen and oxygen atoms in total. The summed E-state index contributed by atoms with van der Waals surface area (Å²) in [4.78, 5) is 16.3. The second-order valence-electron chi connectivity index (χ2n) is 7.55. The van der Waals surface area contributed by atoms with Crippen molar-refractivity contribution in [3.63, 3.8) is 0 Å². The zero-order valence-electron chi connectivity index (χ0n) is 17.0. The van der Waals surface area contributed by atoms with Gasteiger partial charge in [0.1, 0.15) is 0 Å². The molecule has 0 saturated carbocycles. The number of carbonyl (C=O) groups excluding carboxylic acids is 1. The maximum absolute atomic E-state index is 13.1. The Morgan fingerprint density at radius 3 is 2.53 bits per heavy atom. The molecule has 3 aromatic rings. The van der Waals surface area contributed by atoms with Crippen LogP contribution in [0, 0.1) is 13.8 Å². The van der Waals surface area contributed by atoms with Crippen molar-refractivity contribution < 1.29 is 13.2 Å². The van der Waals surface area contributed by atoms with Gasteiger partial charge >= 0.3 is 0 Å². The van der Waals surface area contributed by atoms with Gasteiger partial charge in [0.2, 0.25) is 0 Å². The van der Waals surface area contributed by atoms with Crippen LogP contribution in [-0.2, 0) is 10.0 Å². The summed E-state index contributed by atoms with van der Waals surface area (Å²) >= 11 is 1.66. The van der Waals surface area contributed by atoms with Gasteiger partial charge in [0.05, 0.1) is 16.6 Å². The van der Waals surface area contributed by atoms with E-state index in [1.54, 1.807) is 29.5 Å². The molecule has 4 rings (SSSR count). The van der Waals surface area contributed by atoms with E-state index in [4.69, 9.17) is 0 Å². The van der Waals surface area contributed by atoms with Gasteiger partial charge in [-0.1, -0.05) is 18.2 Å². The third kappa shape index (κ3) is 4.00. The molecule has 1 unspecified atom stereocenters. The van der Waals surface area contributed by atoms with Gasteiger partial charge in [0.25, 0.3) is 15.9 Å². The first-order chi connectivity index (χ1) is 14.4. The van der Waals surface area contributed by atoms with Gasteiger partial charge in [-0.2, -0.15) is 0 Å². The van der Waals surface area contributed by atoms with Crippen molar-refractivity contribution >= 4 is 33.0 Å². The molecule has 156 valence electrons. The number of sulfonamides is 1. The highest BCUT2D eigenvalue weighted by molar-refractivity contribution is 7.92. The molecule has 0 aliphatic carbocycles. The highest BCUT2D eigenvalue weighted by Gasteiger charge is 2.31. The number of nitrogens with zero attached hydrogens (tertiary/aromatic N) is 1. The second kappa shape index (κ2) is 8.24. The fraction of sp³-hybridized carbons (Fsp3) is 0.261. The lowest BCUT2D eigenvalue weighted by atomic mass is 10.1. The number of benzene rings is 2. The smallest absolute Gasteiger partial charge is 0.261 e. The lowest BCUT2D eigenvalue weighted by Gasteiger charge is -2.24. The summed E-state index contributed by atoms with van der Waals surface area (Å²) in [7, 11) is -3.73. The molecule has 1 aromatic heterocycles. The molecule has 1 saturated heterocycles. The first-order valence-corrected chi connectivity index (χ1v) is 12.3. The average molecular weight is 441 g/mol. The lowest BCUT2D eigenvalue weighted by Crippen LogP contribution is -2.30. The molecule has 1 fully saturated rings. The Morgan fingerprint density at radius 2 is 1.83 bits per heavy atom. The first kappa shape index (κ1) is 20.6. The molecule has 2 aromatic carbocycles. The zero-order valence-corrected chi connectivity index (χ0v) is 18.6. The van der Waals surface area contributed by atoms with Crippen molar-refractivity contribution in [3.05, 3.63) is 81.5 Å². The number of carbonyl (C=O) groups is 1. The second-order valence-corrected chi connectivity index (χ2v) is 10.2. The van der Waals surface area contributed by atoms with Crippen LogP contribution in [0.4, 0.5) is 5.69 Å². The van der Waals surface area contributed by atoms with Crippen LogP contribution in [-0.4, -0.2) is 25.8 Å². The maximum Gasteiger partial charge on any atom is 0.261 e. The minimum atomic E-state index is -3.73. The van der Waals surface area contributed by atoms with Gasteiger partial charge in [-0.05, 0) is 79.6 Å². The summed E-state index contributed by atoms with van der Waals surface area (Å²) in [5.41, 5.74) is 2.97. The van der Waals surface area contributed by atoms with Gasteiger partial charge in [-0.15, -0.1) is 11.3 Å². The van der Waals surface area contributed by atoms with Crippen molar-refractivity contribution in [1.82, 2.24) is 4.90 Å². The summed E-state index contributed by atoms with van der Waals surface area (Å²) in [5, 5.41) is 2.03. The number of thiophene rings is 1. The SMILES string of the molecule is Cc1cccc(NS(=O)(=O)c2ccc(C(=O)N3CCCC3c3cccs3)cc2)c1C. The zero-order chi connectivity index (χ0) is 21.3. The molecule has 2 heterocycles. The molecule has 0 bridgehead atoms. The van der Waals surface area contributed by atoms with Crippen molar-refractivity contribution in [2.45, 2.75) is 37.6 Å². The summed E-state index contributed by atoms with van der Waals surface area (Å²) in [6, 6.07) is 15.9. The Labute approximate surface area is 181 Å². The van der Waals surface area contributed by atoms with Gasteiger partial charge in [-0.25, -0.2) is 8.42 Å². The highest BCUT2D eigenvalue weighted by atomic mass is 32.2. The Morgan fingerprint density at radius 1 is 1.07 bits per heavy atom. The number of nitrogens with one attached hydrogen (secondary N) is 1. The van der Waals surface area contributed by atoms with Crippen LogP contribution in [0.2, 0.25) is 0 Å².